The van der Waals surface area contributed by atoms with Crippen molar-refractivity contribution < 1.29 is 28.4 Å². The number of methoxy groups -OCH3 is 1. The van der Waals surface area contributed by atoms with Gasteiger partial charge >= 0.3 is 5.95 Å². The third-order valence-electron chi connectivity index (χ3n) is 7.58. The number of carbonyl (C=O) groups is 2. The first-order chi connectivity index (χ1) is 20.4. The van der Waals surface area contributed by atoms with E-state index < -0.39 is 11.7 Å². The molecule has 0 atom stereocenters. The molecule has 4 heterocycles. The lowest BCUT2D eigenvalue weighted by Crippen LogP contribution is -2.39. The number of nitrogens with zero attached hydrogens (tertiary/aromatic N) is 3. The normalized spacial score (nSPS) is 15.0. The summed E-state index contributed by atoms with van der Waals surface area (Å²) < 4.78 is 25.5. The molecule has 6 rings (SSSR count). The topological polar surface area (TPSA) is 152 Å². The van der Waals surface area contributed by atoms with Gasteiger partial charge in [0.25, 0.3) is 5.91 Å². The molecule has 2 amide bonds. The fraction of sp³-hybridized carbons (Fsp3) is 0.310. The molecule has 0 saturated carbocycles. The van der Waals surface area contributed by atoms with E-state index in [1.165, 1.54) is 12.1 Å². The lowest BCUT2D eigenvalue weighted by Gasteiger charge is -2.27. The van der Waals surface area contributed by atoms with Gasteiger partial charge in [-0.25, -0.2) is 9.37 Å². The highest BCUT2D eigenvalue weighted by molar-refractivity contribution is 6.01. The second-order valence-corrected chi connectivity index (χ2v) is 10.2. The number of morpholine rings is 1. The Kier molecular flexibility index (Phi) is 7.59. The van der Waals surface area contributed by atoms with Crippen LogP contribution < -0.4 is 31.0 Å². The molecule has 1 saturated heterocycles. The standard InChI is InChI=1S/C29H31FN8O4/c1-41-23-15-17-6-10-38(24(39)7-9-37-11-13-42-14-12-37)22(17)16-21(23)34-29-35-27-18(5-8-32-27)28(36-29)33-20-4-2-3-19(30)25(20)26(31)40/h2-5,8,15-16H,6-7,9-14H2,1H3,(H2,31,40)(H3,32,33,34,35,36)/p+1. The number of halogens is 1. The number of aromatic amines is 2. The van der Waals surface area contributed by atoms with E-state index in [2.05, 4.69) is 30.5 Å². The molecule has 42 heavy (non-hydrogen) atoms. The van der Waals surface area contributed by atoms with Gasteiger partial charge in [-0.05, 0) is 36.2 Å². The molecule has 218 valence electrons. The molecular formula is C29H32FN8O4+. The molecule has 1 fully saturated rings. The molecule has 0 radical (unpaired) electrons. The van der Waals surface area contributed by atoms with Crippen LogP contribution in [-0.2, 0) is 16.0 Å². The lowest BCUT2D eigenvalue weighted by atomic mass is 10.1. The van der Waals surface area contributed by atoms with Crippen molar-refractivity contribution in [3.63, 3.8) is 0 Å². The molecule has 0 aliphatic carbocycles. The van der Waals surface area contributed by atoms with E-state index in [1.54, 1.807) is 25.4 Å². The summed E-state index contributed by atoms with van der Waals surface area (Å²) in [5.41, 5.74) is 8.47. The van der Waals surface area contributed by atoms with Gasteiger partial charge in [-0.15, -0.1) is 0 Å². The number of primary amides is 1. The molecule has 0 unspecified atom stereocenters. The van der Waals surface area contributed by atoms with Gasteiger partial charge < -0.3 is 25.4 Å². The molecule has 2 aliphatic rings. The SMILES string of the molecule is COc1cc2c(cc1Nc1nc(Nc3cccc(F)c3C(N)=O)c3cc[nH]c3[nH+]1)N(C(=O)CCN1CCOCC1)CC2. The van der Waals surface area contributed by atoms with Gasteiger partial charge in [-0.3, -0.25) is 24.8 Å². The van der Waals surface area contributed by atoms with Crippen LogP contribution in [-0.4, -0.2) is 73.2 Å². The zero-order valence-electron chi connectivity index (χ0n) is 23.1. The van der Waals surface area contributed by atoms with Crippen molar-refractivity contribution >= 4 is 51.7 Å². The van der Waals surface area contributed by atoms with Crippen LogP contribution in [0.3, 0.4) is 0 Å². The molecule has 0 bridgehead atoms. The Labute approximate surface area is 241 Å². The van der Waals surface area contributed by atoms with Gasteiger partial charge in [0.15, 0.2) is 5.75 Å². The average Bonchev–Trinajstić information content (AvgIpc) is 3.63. The number of ether oxygens (including phenoxy) is 2. The maximum Gasteiger partial charge on any atom is 0.351 e. The van der Waals surface area contributed by atoms with Crippen LogP contribution in [0.4, 0.5) is 33.2 Å². The van der Waals surface area contributed by atoms with Crippen molar-refractivity contribution in [2.75, 3.05) is 62.0 Å². The Bertz CT molecular complexity index is 1650. The van der Waals surface area contributed by atoms with Crippen LogP contribution in [0.25, 0.3) is 11.0 Å². The Balaban J connectivity index is 1.28. The summed E-state index contributed by atoms with van der Waals surface area (Å²) in [6, 6.07) is 9.84. The molecule has 0 spiro atoms. The first-order valence-electron chi connectivity index (χ1n) is 13.8. The van der Waals surface area contributed by atoms with Gasteiger partial charge in [0.1, 0.15) is 11.5 Å². The summed E-state index contributed by atoms with van der Waals surface area (Å²) in [5, 5.41) is 7.01. The lowest BCUT2D eigenvalue weighted by molar-refractivity contribution is -0.333. The Morgan fingerprint density at radius 2 is 2.00 bits per heavy atom. The molecule has 13 heteroatoms. The number of fused-ring (bicyclic) bond motifs is 2. The van der Waals surface area contributed by atoms with Gasteiger partial charge in [-0.2, -0.15) is 0 Å². The number of hydrogen-bond donors (Lipinski definition) is 4. The molecular weight excluding hydrogens is 543 g/mol. The van der Waals surface area contributed by atoms with Crippen LogP contribution in [0.5, 0.6) is 5.75 Å². The van der Waals surface area contributed by atoms with E-state index >= 15 is 0 Å². The fourth-order valence-corrected chi connectivity index (χ4v) is 5.43. The molecule has 12 nitrogen and oxygen atoms in total. The minimum absolute atomic E-state index is 0.0701. The fourth-order valence-electron chi connectivity index (χ4n) is 5.43. The van der Waals surface area contributed by atoms with Crippen LogP contribution in [0, 0.1) is 5.82 Å². The van der Waals surface area contributed by atoms with Crippen molar-refractivity contribution in [2.45, 2.75) is 12.8 Å². The number of aromatic nitrogens is 3. The summed E-state index contributed by atoms with van der Waals surface area (Å²) in [4.78, 5) is 40.3. The van der Waals surface area contributed by atoms with Gasteiger partial charge in [0.2, 0.25) is 17.4 Å². The van der Waals surface area contributed by atoms with Crippen molar-refractivity contribution in [3.8, 4) is 5.75 Å². The van der Waals surface area contributed by atoms with E-state index in [0.717, 1.165) is 30.8 Å². The van der Waals surface area contributed by atoms with Crippen molar-refractivity contribution in [2.24, 2.45) is 5.73 Å². The summed E-state index contributed by atoms with van der Waals surface area (Å²) in [5.74, 6) is -0.264. The molecule has 2 aromatic carbocycles. The van der Waals surface area contributed by atoms with E-state index in [9.17, 15) is 14.0 Å². The second kappa shape index (κ2) is 11.6. The Morgan fingerprint density at radius 3 is 2.79 bits per heavy atom. The largest absolute Gasteiger partial charge is 0.493 e. The number of carbonyl (C=O) groups excluding carboxylic acids is 2. The maximum absolute atomic E-state index is 14.4. The van der Waals surface area contributed by atoms with E-state index in [4.69, 9.17) is 15.2 Å². The van der Waals surface area contributed by atoms with Crippen molar-refractivity contribution in [1.82, 2.24) is 14.9 Å². The van der Waals surface area contributed by atoms with Crippen LogP contribution in [0.15, 0.2) is 42.6 Å². The number of nitrogens with two attached hydrogens (primary N) is 1. The molecule has 4 aromatic rings. The van der Waals surface area contributed by atoms with Gasteiger partial charge in [0.05, 0.1) is 42.6 Å². The second-order valence-electron chi connectivity index (χ2n) is 10.2. The Morgan fingerprint density at radius 1 is 1.17 bits per heavy atom. The number of hydrogen-bond acceptors (Lipinski definition) is 8. The zero-order chi connectivity index (χ0) is 29.2. The monoisotopic (exact) mass is 575 g/mol. The quantitative estimate of drug-likeness (QED) is 0.238. The van der Waals surface area contributed by atoms with Gasteiger partial charge in [0, 0.05) is 44.9 Å². The van der Waals surface area contributed by atoms with Gasteiger partial charge in [-0.1, -0.05) is 11.1 Å². The van der Waals surface area contributed by atoms with E-state index in [1.807, 2.05) is 17.0 Å². The third kappa shape index (κ3) is 5.43. The molecule has 2 aromatic heterocycles. The van der Waals surface area contributed by atoms with Crippen LogP contribution in [0.2, 0.25) is 0 Å². The van der Waals surface area contributed by atoms with Crippen LogP contribution in [0.1, 0.15) is 22.3 Å². The molecule has 6 N–H and O–H groups in total. The number of amides is 2. The summed E-state index contributed by atoms with van der Waals surface area (Å²) in [6.07, 6.45) is 2.89. The number of rotatable bonds is 9. The maximum atomic E-state index is 14.4. The van der Waals surface area contributed by atoms with Crippen molar-refractivity contribution in [3.05, 3.63) is 59.5 Å². The van der Waals surface area contributed by atoms with Crippen LogP contribution >= 0.6 is 0 Å². The predicted octanol–water partition coefficient (Wildman–Crippen LogP) is 2.72. The first kappa shape index (κ1) is 27.4. The number of nitrogens with one attached hydrogen (secondary N) is 4. The predicted molar refractivity (Wildman–Crippen MR) is 155 cm³/mol. The summed E-state index contributed by atoms with van der Waals surface area (Å²) in [6.45, 7) is 4.37. The average molecular weight is 576 g/mol. The smallest absolute Gasteiger partial charge is 0.351 e. The number of benzene rings is 2. The minimum Gasteiger partial charge on any atom is -0.493 e. The minimum atomic E-state index is -0.895. The highest BCUT2D eigenvalue weighted by Crippen LogP contribution is 2.39. The van der Waals surface area contributed by atoms with E-state index in [0.29, 0.717) is 67.0 Å². The van der Waals surface area contributed by atoms with E-state index in [-0.39, 0.29) is 17.2 Å². The summed E-state index contributed by atoms with van der Waals surface area (Å²) in [7, 11) is 1.58. The first-order valence-corrected chi connectivity index (χ1v) is 13.8. The third-order valence-corrected chi connectivity index (χ3v) is 7.58. The highest BCUT2D eigenvalue weighted by Gasteiger charge is 2.28. The number of anilines is 5. The Hall–Kier alpha value is -4.75. The number of H-pyrrole nitrogens is 2. The zero-order valence-corrected chi connectivity index (χ0v) is 23.1. The molecule has 2 aliphatic heterocycles. The highest BCUT2D eigenvalue weighted by atomic mass is 19.1. The van der Waals surface area contributed by atoms with Crippen molar-refractivity contribution in [1.29, 1.82) is 0 Å². The summed E-state index contributed by atoms with van der Waals surface area (Å²) >= 11 is 0.